The number of carbonyl (C=O) groups is 1. The van der Waals surface area contributed by atoms with Gasteiger partial charge in [-0.15, -0.1) is 12.4 Å². The minimum atomic E-state index is -0.603. The normalized spacial score (nSPS) is 24.4. The second-order valence-electron chi connectivity index (χ2n) is 4.18. The molecule has 1 aliphatic heterocycles. The van der Waals surface area contributed by atoms with Crippen molar-refractivity contribution in [1.29, 1.82) is 0 Å². The van der Waals surface area contributed by atoms with Crippen LogP contribution in [0.3, 0.4) is 0 Å². The average Bonchev–Trinajstić information content (AvgIpc) is 2.98. The maximum absolute atomic E-state index is 11.8. The lowest BCUT2D eigenvalue weighted by Gasteiger charge is -2.12. The van der Waals surface area contributed by atoms with Crippen LogP contribution in [0.5, 0.6) is 0 Å². The van der Waals surface area contributed by atoms with Crippen molar-refractivity contribution in [3.63, 3.8) is 0 Å². The number of nitrogens with two attached hydrogens (primary N) is 1. The van der Waals surface area contributed by atoms with Gasteiger partial charge in [-0.25, -0.2) is 0 Å². The molecule has 1 heterocycles. The Hall–Kier alpha value is -0.900. The summed E-state index contributed by atoms with van der Waals surface area (Å²) < 4.78 is 5.09. The molecule has 16 heavy (non-hydrogen) atoms. The Morgan fingerprint density at radius 1 is 1.50 bits per heavy atom. The molecule has 1 aromatic carbocycles. The number of epoxide rings is 1. The zero-order chi connectivity index (χ0) is 10.9. The number of hydrogen-bond donors (Lipinski definition) is 1. The zero-order valence-corrected chi connectivity index (χ0v) is 10.00. The number of ketones is 1. The van der Waals surface area contributed by atoms with Crippen molar-refractivity contribution in [3.05, 3.63) is 35.9 Å². The van der Waals surface area contributed by atoms with Gasteiger partial charge in [-0.05, 0) is 18.9 Å². The standard InChI is InChI=1S/C12H15NO2.ClH/c1-12(8-15-12)11(14)10(13)7-9-5-3-2-4-6-9;/h2-6,10H,7-8,13H2,1H3;1H/t10-,12+;/m0./s1. The SMILES string of the molecule is C[C@]1(C(=O)[C@@H](N)Cc2ccccc2)CO1.Cl. The molecule has 0 unspecified atom stereocenters. The lowest BCUT2D eigenvalue weighted by atomic mass is 9.96. The zero-order valence-electron chi connectivity index (χ0n) is 9.18. The Labute approximate surface area is 101 Å². The van der Waals surface area contributed by atoms with Gasteiger partial charge in [0.15, 0.2) is 5.78 Å². The maximum atomic E-state index is 11.8. The molecule has 0 bridgehead atoms. The van der Waals surface area contributed by atoms with Crippen molar-refractivity contribution in [1.82, 2.24) is 0 Å². The Balaban J connectivity index is 0.00000128. The number of ether oxygens (including phenoxy) is 1. The third-order valence-corrected chi connectivity index (χ3v) is 2.73. The van der Waals surface area contributed by atoms with Crippen LogP contribution in [0.15, 0.2) is 30.3 Å². The molecule has 1 saturated heterocycles. The summed E-state index contributed by atoms with van der Waals surface area (Å²) in [6.45, 7) is 2.30. The predicted octanol–water partition coefficient (Wildman–Crippen LogP) is 1.34. The lowest BCUT2D eigenvalue weighted by Crippen LogP contribution is -2.40. The molecule has 2 rings (SSSR count). The summed E-state index contributed by atoms with van der Waals surface area (Å²) in [5.74, 6) is 0.00588. The highest BCUT2D eigenvalue weighted by Crippen LogP contribution is 2.28. The van der Waals surface area contributed by atoms with E-state index in [1.54, 1.807) is 6.92 Å². The molecule has 1 aliphatic rings. The summed E-state index contributed by atoms with van der Waals surface area (Å²) in [5.41, 5.74) is 6.33. The molecule has 4 heteroatoms. The van der Waals surface area contributed by atoms with E-state index in [0.29, 0.717) is 13.0 Å². The van der Waals surface area contributed by atoms with Gasteiger partial charge in [0.2, 0.25) is 0 Å². The number of carbonyl (C=O) groups excluding carboxylic acids is 1. The molecular weight excluding hydrogens is 226 g/mol. The summed E-state index contributed by atoms with van der Waals surface area (Å²) in [6, 6.07) is 9.33. The van der Waals surface area contributed by atoms with Gasteiger partial charge >= 0.3 is 0 Å². The molecule has 2 N–H and O–H groups in total. The molecule has 0 spiro atoms. The van der Waals surface area contributed by atoms with E-state index in [1.165, 1.54) is 0 Å². The number of halogens is 1. The van der Waals surface area contributed by atoms with E-state index in [4.69, 9.17) is 10.5 Å². The number of benzene rings is 1. The van der Waals surface area contributed by atoms with Crippen LogP contribution < -0.4 is 5.73 Å². The minimum Gasteiger partial charge on any atom is -0.362 e. The van der Waals surface area contributed by atoms with Crippen molar-refractivity contribution in [2.75, 3.05) is 6.61 Å². The monoisotopic (exact) mass is 241 g/mol. The van der Waals surface area contributed by atoms with Gasteiger partial charge in [0, 0.05) is 0 Å². The molecule has 88 valence electrons. The smallest absolute Gasteiger partial charge is 0.183 e. The van der Waals surface area contributed by atoms with Gasteiger partial charge in [-0.3, -0.25) is 4.79 Å². The second kappa shape index (κ2) is 4.95. The molecular formula is C12H16ClNO2. The Morgan fingerprint density at radius 2 is 2.06 bits per heavy atom. The molecule has 1 aromatic rings. The predicted molar refractivity (Wildman–Crippen MR) is 64.7 cm³/mol. The molecule has 2 atom stereocenters. The molecule has 0 amide bonds. The number of hydrogen-bond acceptors (Lipinski definition) is 3. The first-order chi connectivity index (χ1) is 7.12. The Kier molecular flexibility index (Phi) is 4.08. The highest BCUT2D eigenvalue weighted by atomic mass is 35.5. The number of Topliss-reactive ketones (excluding diaryl/α,β-unsaturated/α-hetero) is 1. The van der Waals surface area contributed by atoms with E-state index in [9.17, 15) is 4.79 Å². The first kappa shape index (κ1) is 13.2. The Morgan fingerprint density at radius 3 is 2.56 bits per heavy atom. The van der Waals surface area contributed by atoms with Crippen LogP contribution in [-0.2, 0) is 16.0 Å². The number of rotatable bonds is 4. The van der Waals surface area contributed by atoms with Crippen LogP contribution in [0.1, 0.15) is 12.5 Å². The summed E-state index contributed by atoms with van der Waals surface area (Å²) in [5, 5.41) is 0. The quantitative estimate of drug-likeness (QED) is 0.810. The first-order valence-corrected chi connectivity index (χ1v) is 5.09. The van der Waals surface area contributed by atoms with E-state index in [1.807, 2.05) is 30.3 Å². The minimum absolute atomic E-state index is 0. The maximum Gasteiger partial charge on any atom is 0.183 e. The molecule has 1 fully saturated rings. The average molecular weight is 242 g/mol. The first-order valence-electron chi connectivity index (χ1n) is 5.09. The fourth-order valence-electron chi connectivity index (χ4n) is 1.60. The van der Waals surface area contributed by atoms with Gasteiger partial charge in [-0.1, -0.05) is 30.3 Å². The third kappa shape index (κ3) is 2.82. The van der Waals surface area contributed by atoms with E-state index >= 15 is 0 Å². The van der Waals surface area contributed by atoms with E-state index in [-0.39, 0.29) is 18.2 Å². The lowest BCUT2D eigenvalue weighted by molar-refractivity contribution is -0.124. The largest absolute Gasteiger partial charge is 0.362 e. The summed E-state index contributed by atoms with van der Waals surface area (Å²) in [4.78, 5) is 11.8. The van der Waals surface area contributed by atoms with Crippen LogP contribution >= 0.6 is 12.4 Å². The van der Waals surface area contributed by atoms with Crippen molar-refractivity contribution < 1.29 is 9.53 Å². The molecule has 0 aliphatic carbocycles. The molecule has 0 aromatic heterocycles. The van der Waals surface area contributed by atoms with Crippen molar-refractivity contribution in [3.8, 4) is 0 Å². The van der Waals surface area contributed by atoms with Gasteiger partial charge in [-0.2, -0.15) is 0 Å². The van der Waals surface area contributed by atoms with Crippen LogP contribution in [0, 0.1) is 0 Å². The molecule has 0 saturated carbocycles. The highest BCUT2D eigenvalue weighted by Gasteiger charge is 2.48. The van der Waals surface area contributed by atoms with Gasteiger partial charge in [0.25, 0.3) is 0 Å². The van der Waals surface area contributed by atoms with Crippen LogP contribution in [0.25, 0.3) is 0 Å². The van der Waals surface area contributed by atoms with E-state index in [0.717, 1.165) is 5.56 Å². The van der Waals surface area contributed by atoms with E-state index in [2.05, 4.69) is 0 Å². The topological polar surface area (TPSA) is 55.6 Å². The van der Waals surface area contributed by atoms with Crippen molar-refractivity contribution >= 4 is 18.2 Å². The van der Waals surface area contributed by atoms with Crippen LogP contribution in [0.4, 0.5) is 0 Å². The van der Waals surface area contributed by atoms with Gasteiger partial charge in [0.05, 0.1) is 12.6 Å². The Bertz CT molecular complexity index is 363. The van der Waals surface area contributed by atoms with Gasteiger partial charge in [0.1, 0.15) is 5.60 Å². The fraction of sp³-hybridized carbons (Fsp3) is 0.417. The highest BCUT2D eigenvalue weighted by molar-refractivity contribution is 5.93. The fourth-order valence-corrected chi connectivity index (χ4v) is 1.60. The van der Waals surface area contributed by atoms with Gasteiger partial charge < -0.3 is 10.5 Å². The summed E-state index contributed by atoms with van der Waals surface area (Å²) >= 11 is 0. The van der Waals surface area contributed by atoms with Crippen molar-refractivity contribution in [2.45, 2.75) is 25.0 Å². The molecule has 0 radical (unpaired) electrons. The van der Waals surface area contributed by atoms with E-state index < -0.39 is 11.6 Å². The van der Waals surface area contributed by atoms with Crippen LogP contribution in [0.2, 0.25) is 0 Å². The second-order valence-corrected chi connectivity index (χ2v) is 4.18. The summed E-state index contributed by atoms with van der Waals surface area (Å²) in [7, 11) is 0. The van der Waals surface area contributed by atoms with Crippen LogP contribution in [-0.4, -0.2) is 24.0 Å². The molecule has 3 nitrogen and oxygen atoms in total. The van der Waals surface area contributed by atoms with Crippen molar-refractivity contribution in [2.24, 2.45) is 5.73 Å². The summed E-state index contributed by atoms with van der Waals surface area (Å²) in [6.07, 6.45) is 0.582. The third-order valence-electron chi connectivity index (χ3n) is 2.73.